The third-order valence-corrected chi connectivity index (χ3v) is 4.16. The second-order valence-electron chi connectivity index (χ2n) is 4.98. The van der Waals surface area contributed by atoms with Crippen LogP contribution in [0.3, 0.4) is 0 Å². The minimum atomic E-state index is -3.05. The van der Waals surface area contributed by atoms with Crippen LogP contribution in [0.15, 0.2) is 30.5 Å². The van der Waals surface area contributed by atoms with Gasteiger partial charge in [0.15, 0.2) is 0 Å². The summed E-state index contributed by atoms with van der Waals surface area (Å²) in [5.41, 5.74) is 1.92. The molecule has 0 bridgehead atoms. The van der Waals surface area contributed by atoms with Crippen molar-refractivity contribution in [3.63, 3.8) is 0 Å². The predicted molar refractivity (Wildman–Crippen MR) is 79.4 cm³/mol. The van der Waals surface area contributed by atoms with E-state index in [1.54, 1.807) is 7.05 Å². The number of fused-ring (bicyclic) bond motifs is 1. The van der Waals surface area contributed by atoms with E-state index in [4.69, 9.17) is 0 Å². The summed E-state index contributed by atoms with van der Waals surface area (Å²) < 4.78 is 22.2. The van der Waals surface area contributed by atoms with Gasteiger partial charge in [-0.3, -0.25) is 4.79 Å². The number of para-hydroxylation sites is 1. The fourth-order valence-electron chi connectivity index (χ4n) is 2.00. The van der Waals surface area contributed by atoms with E-state index >= 15 is 0 Å². The van der Waals surface area contributed by atoms with E-state index in [0.717, 1.165) is 16.5 Å². The van der Waals surface area contributed by atoms with Crippen LogP contribution in [0, 0.1) is 0 Å². The van der Waals surface area contributed by atoms with Crippen LogP contribution in [0.25, 0.3) is 10.9 Å². The number of sulfone groups is 1. The largest absolute Gasteiger partial charge is 0.361 e. The van der Waals surface area contributed by atoms with E-state index in [1.807, 2.05) is 30.5 Å². The summed E-state index contributed by atoms with van der Waals surface area (Å²) in [5, 5.41) is 1.03. The van der Waals surface area contributed by atoms with E-state index in [2.05, 4.69) is 4.98 Å². The summed E-state index contributed by atoms with van der Waals surface area (Å²) in [6, 6.07) is 7.78. The Bertz CT molecular complexity index is 719. The topological polar surface area (TPSA) is 70.2 Å². The third-order valence-electron chi connectivity index (χ3n) is 3.24. The third kappa shape index (κ3) is 3.60. The number of aromatic amines is 1. The van der Waals surface area contributed by atoms with Gasteiger partial charge in [-0.1, -0.05) is 18.2 Å². The standard InChI is InChI=1S/C14H18N2O3S/c1-16(7-8-20(2,18)19)14(17)9-11-10-15-13-6-4-3-5-12(11)13/h3-6,10,15H,7-9H2,1-2H3. The predicted octanol–water partition coefficient (Wildman–Crippen LogP) is 1.21. The Hall–Kier alpha value is -1.82. The zero-order valence-corrected chi connectivity index (χ0v) is 12.4. The summed E-state index contributed by atoms with van der Waals surface area (Å²) in [6.45, 7) is 0.222. The molecule has 0 aliphatic carbocycles. The van der Waals surface area contributed by atoms with Gasteiger partial charge in [-0.25, -0.2) is 8.42 Å². The number of rotatable bonds is 5. The normalized spacial score (nSPS) is 11.7. The smallest absolute Gasteiger partial charge is 0.226 e. The maximum atomic E-state index is 12.1. The van der Waals surface area contributed by atoms with Gasteiger partial charge in [0.05, 0.1) is 12.2 Å². The fourth-order valence-corrected chi connectivity index (χ4v) is 2.61. The number of carbonyl (C=O) groups excluding carboxylic acids is 1. The van der Waals surface area contributed by atoms with Crippen LogP contribution in [0.5, 0.6) is 0 Å². The molecule has 20 heavy (non-hydrogen) atoms. The van der Waals surface area contributed by atoms with Crippen molar-refractivity contribution in [2.24, 2.45) is 0 Å². The van der Waals surface area contributed by atoms with Gasteiger partial charge >= 0.3 is 0 Å². The van der Waals surface area contributed by atoms with Gasteiger partial charge in [-0.05, 0) is 11.6 Å². The lowest BCUT2D eigenvalue weighted by atomic mass is 10.1. The maximum absolute atomic E-state index is 12.1. The van der Waals surface area contributed by atoms with Gasteiger partial charge in [0.2, 0.25) is 5.91 Å². The van der Waals surface area contributed by atoms with Crippen molar-refractivity contribution in [3.8, 4) is 0 Å². The fraction of sp³-hybridized carbons (Fsp3) is 0.357. The summed E-state index contributed by atoms with van der Waals surface area (Å²) in [4.78, 5) is 16.7. The molecule has 0 radical (unpaired) electrons. The van der Waals surface area contributed by atoms with Crippen molar-refractivity contribution in [3.05, 3.63) is 36.0 Å². The molecule has 1 aromatic carbocycles. The van der Waals surface area contributed by atoms with Crippen LogP contribution in [-0.4, -0.2) is 49.8 Å². The number of benzene rings is 1. The highest BCUT2D eigenvalue weighted by Gasteiger charge is 2.14. The molecule has 0 aliphatic rings. The molecule has 1 heterocycles. The van der Waals surface area contributed by atoms with Gasteiger partial charge in [0.25, 0.3) is 0 Å². The zero-order valence-electron chi connectivity index (χ0n) is 11.6. The van der Waals surface area contributed by atoms with Crippen LogP contribution >= 0.6 is 0 Å². The van der Waals surface area contributed by atoms with Gasteiger partial charge in [-0.2, -0.15) is 0 Å². The number of nitrogens with zero attached hydrogens (tertiary/aromatic N) is 1. The van der Waals surface area contributed by atoms with Crippen LogP contribution < -0.4 is 0 Å². The molecule has 0 aliphatic heterocycles. The minimum Gasteiger partial charge on any atom is -0.361 e. The maximum Gasteiger partial charge on any atom is 0.226 e. The van der Waals surface area contributed by atoms with E-state index in [9.17, 15) is 13.2 Å². The lowest BCUT2D eigenvalue weighted by Gasteiger charge is -2.16. The highest BCUT2D eigenvalue weighted by molar-refractivity contribution is 7.90. The first-order chi connectivity index (χ1) is 9.37. The SMILES string of the molecule is CN(CCS(C)(=O)=O)C(=O)Cc1c[nH]c2ccccc12. The Morgan fingerprint density at radius 1 is 1.30 bits per heavy atom. The Morgan fingerprint density at radius 3 is 2.70 bits per heavy atom. The first-order valence-electron chi connectivity index (χ1n) is 6.33. The quantitative estimate of drug-likeness (QED) is 0.901. The van der Waals surface area contributed by atoms with E-state index in [-0.39, 0.29) is 24.6 Å². The van der Waals surface area contributed by atoms with Crippen LogP contribution in [0.4, 0.5) is 0 Å². The molecular formula is C14H18N2O3S. The monoisotopic (exact) mass is 294 g/mol. The molecule has 1 N–H and O–H groups in total. The Labute approximate surface area is 118 Å². The second-order valence-corrected chi connectivity index (χ2v) is 7.24. The molecule has 0 atom stereocenters. The average molecular weight is 294 g/mol. The molecule has 2 rings (SSSR count). The van der Waals surface area contributed by atoms with E-state index in [0.29, 0.717) is 0 Å². The van der Waals surface area contributed by atoms with Crippen LogP contribution in [0.2, 0.25) is 0 Å². The Kier molecular flexibility index (Phi) is 4.13. The molecule has 108 valence electrons. The molecule has 0 saturated heterocycles. The number of H-pyrrole nitrogens is 1. The first kappa shape index (κ1) is 14.6. The summed E-state index contributed by atoms with van der Waals surface area (Å²) in [6.07, 6.45) is 3.27. The van der Waals surface area contributed by atoms with Gasteiger partial charge in [-0.15, -0.1) is 0 Å². The second kappa shape index (κ2) is 5.66. The number of carbonyl (C=O) groups is 1. The van der Waals surface area contributed by atoms with Crippen molar-refractivity contribution < 1.29 is 13.2 Å². The number of hydrogen-bond donors (Lipinski definition) is 1. The average Bonchev–Trinajstić information content (AvgIpc) is 2.78. The summed E-state index contributed by atoms with van der Waals surface area (Å²) in [7, 11) is -1.42. The van der Waals surface area contributed by atoms with Crippen molar-refractivity contribution in [1.82, 2.24) is 9.88 Å². The van der Waals surface area contributed by atoms with Crippen LogP contribution in [-0.2, 0) is 21.1 Å². The zero-order chi connectivity index (χ0) is 14.8. The molecule has 0 fully saturated rings. The number of nitrogens with one attached hydrogen (secondary N) is 1. The highest BCUT2D eigenvalue weighted by Crippen LogP contribution is 2.18. The molecule has 2 aromatic rings. The molecular weight excluding hydrogens is 276 g/mol. The van der Waals surface area contributed by atoms with Crippen molar-refractivity contribution in [1.29, 1.82) is 0 Å². The number of aromatic nitrogens is 1. The van der Waals surface area contributed by atoms with Crippen LogP contribution in [0.1, 0.15) is 5.56 Å². The molecule has 0 unspecified atom stereocenters. The molecule has 5 nitrogen and oxygen atoms in total. The van der Waals surface area contributed by atoms with E-state index in [1.165, 1.54) is 11.2 Å². The summed E-state index contributed by atoms with van der Waals surface area (Å²) >= 11 is 0. The van der Waals surface area contributed by atoms with Gasteiger partial charge < -0.3 is 9.88 Å². The van der Waals surface area contributed by atoms with Gasteiger partial charge in [0.1, 0.15) is 9.84 Å². The van der Waals surface area contributed by atoms with Gasteiger partial charge in [0, 0.05) is 36.9 Å². The number of likely N-dealkylation sites (N-methyl/N-ethyl adjacent to an activating group) is 1. The first-order valence-corrected chi connectivity index (χ1v) is 8.39. The van der Waals surface area contributed by atoms with Crippen molar-refractivity contribution in [2.45, 2.75) is 6.42 Å². The lowest BCUT2D eigenvalue weighted by molar-refractivity contribution is -0.128. The molecule has 0 spiro atoms. The Balaban J connectivity index is 2.04. The lowest BCUT2D eigenvalue weighted by Crippen LogP contribution is -2.32. The molecule has 1 aromatic heterocycles. The van der Waals surface area contributed by atoms with E-state index < -0.39 is 9.84 Å². The Morgan fingerprint density at radius 2 is 2.00 bits per heavy atom. The van der Waals surface area contributed by atoms with Crippen molar-refractivity contribution in [2.75, 3.05) is 25.6 Å². The minimum absolute atomic E-state index is 0.0108. The summed E-state index contributed by atoms with van der Waals surface area (Å²) in [5.74, 6) is -0.0956. The molecule has 6 heteroatoms. The number of amides is 1. The molecule has 1 amide bonds. The highest BCUT2D eigenvalue weighted by atomic mass is 32.2. The van der Waals surface area contributed by atoms with Crippen molar-refractivity contribution >= 4 is 26.6 Å². The molecule has 0 saturated carbocycles. The number of hydrogen-bond acceptors (Lipinski definition) is 3.